The van der Waals surface area contributed by atoms with Crippen LogP contribution < -0.4 is 9.62 Å². The van der Waals surface area contributed by atoms with E-state index in [1.54, 1.807) is 19.1 Å². The van der Waals surface area contributed by atoms with Crippen LogP contribution in [0.5, 0.6) is 0 Å². The van der Waals surface area contributed by atoms with Gasteiger partial charge in [0.05, 0.1) is 17.4 Å². The third kappa shape index (κ3) is 3.10. The minimum Gasteiger partial charge on any atom is -0.349 e. The normalized spacial score (nSPS) is 24.1. The second-order valence-electron chi connectivity index (χ2n) is 6.28. The molecule has 0 unspecified atom stereocenters. The molecular formula is C16H20N2O4S. The van der Waals surface area contributed by atoms with Crippen LogP contribution in [-0.4, -0.2) is 32.0 Å². The summed E-state index contributed by atoms with van der Waals surface area (Å²) < 4.78 is 25.0. The Labute approximate surface area is 135 Å². The maximum Gasteiger partial charge on any atom is 0.251 e. The number of hydrogen-bond acceptors (Lipinski definition) is 4. The predicted molar refractivity (Wildman–Crippen MR) is 86.6 cm³/mol. The molecule has 1 saturated carbocycles. The zero-order chi connectivity index (χ0) is 16.6. The lowest BCUT2D eigenvalue weighted by Crippen LogP contribution is -2.33. The number of benzene rings is 1. The average Bonchev–Trinajstić information content (AvgIpc) is 3.06. The zero-order valence-electron chi connectivity index (χ0n) is 13.0. The van der Waals surface area contributed by atoms with E-state index >= 15 is 0 Å². The second-order valence-corrected chi connectivity index (χ2v) is 8.15. The third-order valence-electron chi connectivity index (χ3n) is 4.41. The zero-order valence-corrected chi connectivity index (χ0v) is 13.8. The van der Waals surface area contributed by atoms with E-state index in [-0.39, 0.29) is 23.4 Å². The van der Waals surface area contributed by atoms with Crippen LogP contribution in [0.3, 0.4) is 0 Å². The number of carbonyl (C=O) groups is 2. The molecule has 1 heterocycles. The van der Waals surface area contributed by atoms with Crippen LogP contribution in [0, 0.1) is 5.92 Å². The summed E-state index contributed by atoms with van der Waals surface area (Å²) in [5.74, 6) is -1.29. The van der Waals surface area contributed by atoms with E-state index < -0.39 is 21.8 Å². The van der Waals surface area contributed by atoms with Crippen LogP contribution in [0.25, 0.3) is 0 Å². The quantitative estimate of drug-likeness (QED) is 0.910. The largest absolute Gasteiger partial charge is 0.349 e. The van der Waals surface area contributed by atoms with E-state index in [1.807, 2.05) is 0 Å². The van der Waals surface area contributed by atoms with E-state index in [2.05, 4.69) is 5.32 Å². The van der Waals surface area contributed by atoms with Crippen molar-refractivity contribution in [1.82, 2.24) is 5.32 Å². The predicted octanol–water partition coefficient (Wildman–Crippen LogP) is 1.67. The molecule has 0 bridgehead atoms. The summed E-state index contributed by atoms with van der Waals surface area (Å²) in [5, 5.41) is 2.98. The van der Waals surface area contributed by atoms with Gasteiger partial charge in [0.25, 0.3) is 5.91 Å². The Balaban J connectivity index is 1.77. The highest BCUT2D eigenvalue weighted by Gasteiger charge is 2.41. The molecule has 1 aromatic rings. The lowest BCUT2D eigenvalue weighted by atomic mass is 10.1. The fourth-order valence-corrected chi connectivity index (χ4v) is 4.99. The smallest absolute Gasteiger partial charge is 0.251 e. The molecule has 6 nitrogen and oxygen atoms in total. The van der Waals surface area contributed by atoms with E-state index in [0.717, 1.165) is 30.0 Å². The van der Waals surface area contributed by atoms with Crippen LogP contribution >= 0.6 is 0 Å². The van der Waals surface area contributed by atoms with E-state index in [1.165, 1.54) is 12.1 Å². The van der Waals surface area contributed by atoms with Gasteiger partial charge in [0.15, 0.2) is 0 Å². The molecule has 1 aromatic carbocycles. The molecule has 124 valence electrons. The van der Waals surface area contributed by atoms with Gasteiger partial charge >= 0.3 is 0 Å². The van der Waals surface area contributed by atoms with Crippen LogP contribution in [0.1, 0.15) is 43.0 Å². The minimum atomic E-state index is -3.61. The van der Waals surface area contributed by atoms with Gasteiger partial charge in [-0.05, 0) is 37.1 Å². The molecule has 1 N–H and O–H groups in total. The van der Waals surface area contributed by atoms with Gasteiger partial charge in [0.2, 0.25) is 15.9 Å². The Morgan fingerprint density at radius 3 is 2.30 bits per heavy atom. The van der Waals surface area contributed by atoms with Gasteiger partial charge in [-0.15, -0.1) is 0 Å². The summed E-state index contributed by atoms with van der Waals surface area (Å²) in [5.41, 5.74) is 0.759. The second kappa shape index (κ2) is 5.96. The molecule has 0 spiro atoms. The van der Waals surface area contributed by atoms with Crippen molar-refractivity contribution in [2.24, 2.45) is 5.92 Å². The Bertz CT molecular complexity index is 721. The lowest BCUT2D eigenvalue weighted by Gasteiger charge is -2.16. The highest BCUT2D eigenvalue weighted by Crippen LogP contribution is 2.28. The van der Waals surface area contributed by atoms with Gasteiger partial charge in [-0.1, -0.05) is 19.8 Å². The standard InChI is InChI=1S/C16H20N2O4S/c1-11-10-23(21,22)18(16(11)20)14-8-6-12(7-9-14)15(19)17-13-4-2-3-5-13/h6-9,11,13H,2-5,10H2,1H3,(H,17,19)/t11-/m1/s1. The summed E-state index contributed by atoms with van der Waals surface area (Å²) in [6.45, 7) is 1.60. The number of nitrogens with one attached hydrogen (secondary N) is 1. The Morgan fingerprint density at radius 2 is 1.78 bits per heavy atom. The number of hydrogen-bond donors (Lipinski definition) is 1. The van der Waals surface area contributed by atoms with E-state index in [0.29, 0.717) is 5.56 Å². The maximum atomic E-state index is 12.2. The van der Waals surface area contributed by atoms with Crippen molar-refractivity contribution in [1.29, 1.82) is 0 Å². The van der Waals surface area contributed by atoms with Crippen LogP contribution in [0.2, 0.25) is 0 Å². The first-order valence-corrected chi connectivity index (χ1v) is 9.47. The molecule has 2 amide bonds. The number of nitrogens with zero attached hydrogens (tertiary/aromatic N) is 1. The lowest BCUT2D eigenvalue weighted by molar-refractivity contribution is -0.119. The van der Waals surface area contributed by atoms with Crippen LogP contribution in [-0.2, 0) is 14.8 Å². The summed E-state index contributed by atoms with van der Waals surface area (Å²) in [6.07, 6.45) is 4.28. The molecule has 1 aliphatic heterocycles. The molecule has 7 heteroatoms. The SMILES string of the molecule is C[C@@H]1CS(=O)(=O)N(c2ccc(C(=O)NC3CCCC3)cc2)C1=O. The monoisotopic (exact) mass is 336 g/mol. The third-order valence-corrected chi connectivity index (χ3v) is 6.28. The molecular weight excluding hydrogens is 316 g/mol. The fourth-order valence-electron chi connectivity index (χ4n) is 3.17. The van der Waals surface area contributed by atoms with Gasteiger partial charge in [0, 0.05) is 11.6 Å². The minimum absolute atomic E-state index is 0.160. The number of anilines is 1. The van der Waals surface area contributed by atoms with Crippen molar-refractivity contribution in [3.63, 3.8) is 0 Å². The molecule has 1 aliphatic carbocycles. The first-order valence-electron chi connectivity index (χ1n) is 7.86. The van der Waals surface area contributed by atoms with Crippen LogP contribution in [0.4, 0.5) is 5.69 Å². The summed E-state index contributed by atoms with van der Waals surface area (Å²) in [4.78, 5) is 24.2. The summed E-state index contributed by atoms with van der Waals surface area (Å²) >= 11 is 0. The number of carbonyl (C=O) groups excluding carboxylic acids is 2. The van der Waals surface area contributed by atoms with Gasteiger partial charge in [-0.3, -0.25) is 9.59 Å². The van der Waals surface area contributed by atoms with Gasteiger partial charge in [0.1, 0.15) is 0 Å². The van der Waals surface area contributed by atoms with Crippen molar-refractivity contribution in [3.05, 3.63) is 29.8 Å². The van der Waals surface area contributed by atoms with Crippen LogP contribution in [0.15, 0.2) is 24.3 Å². The fraction of sp³-hybridized carbons (Fsp3) is 0.500. The molecule has 1 atom stereocenters. The molecule has 0 aromatic heterocycles. The van der Waals surface area contributed by atoms with Gasteiger partial charge in [-0.2, -0.15) is 0 Å². The van der Waals surface area contributed by atoms with Gasteiger partial charge in [-0.25, -0.2) is 12.7 Å². The Hall–Kier alpha value is -1.89. The van der Waals surface area contributed by atoms with Gasteiger partial charge < -0.3 is 5.32 Å². The topological polar surface area (TPSA) is 83.6 Å². The molecule has 2 fully saturated rings. The molecule has 1 saturated heterocycles. The van der Waals surface area contributed by atoms with Crippen molar-refractivity contribution < 1.29 is 18.0 Å². The average molecular weight is 336 g/mol. The molecule has 3 rings (SSSR count). The first kappa shape index (κ1) is 16.0. The van der Waals surface area contributed by atoms with E-state index in [4.69, 9.17) is 0 Å². The van der Waals surface area contributed by atoms with Crippen molar-refractivity contribution in [2.75, 3.05) is 10.1 Å². The highest BCUT2D eigenvalue weighted by molar-refractivity contribution is 7.94. The Kier molecular flexibility index (Phi) is 4.14. The summed E-state index contributed by atoms with van der Waals surface area (Å²) in [6, 6.07) is 6.37. The molecule has 2 aliphatic rings. The maximum absolute atomic E-state index is 12.2. The number of rotatable bonds is 3. The van der Waals surface area contributed by atoms with E-state index in [9.17, 15) is 18.0 Å². The summed E-state index contributed by atoms with van der Waals surface area (Å²) in [7, 11) is -3.61. The Morgan fingerprint density at radius 1 is 1.17 bits per heavy atom. The molecule has 0 radical (unpaired) electrons. The van der Waals surface area contributed by atoms with Crippen molar-refractivity contribution in [3.8, 4) is 0 Å². The number of amides is 2. The van der Waals surface area contributed by atoms with Crippen molar-refractivity contribution in [2.45, 2.75) is 38.6 Å². The highest BCUT2D eigenvalue weighted by atomic mass is 32.2. The van der Waals surface area contributed by atoms with Crippen molar-refractivity contribution >= 4 is 27.5 Å². The first-order chi connectivity index (χ1) is 10.9. The molecule has 23 heavy (non-hydrogen) atoms. The number of sulfonamides is 1.